The Morgan fingerprint density at radius 2 is 1.89 bits per heavy atom. The Balaban J connectivity index is 1.51. The Kier molecular flexibility index (Phi) is 7.77. The van der Waals surface area contributed by atoms with E-state index in [-0.39, 0.29) is 29.0 Å². The Bertz CT molecular complexity index is 1370. The fourth-order valence-corrected chi connectivity index (χ4v) is 4.40. The van der Waals surface area contributed by atoms with Crippen LogP contribution in [0.2, 0.25) is 5.02 Å². The molecule has 0 spiro atoms. The third-order valence-corrected chi connectivity index (χ3v) is 6.20. The maximum Gasteiger partial charge on any atom is 0.269 e. The average molecular weight is 526 g/mol. The van der Waals surface area contributed by atoms with Crippen LogP contribution >= 0.6 is 23.4 Å². The minimum absolute atomic E-state index is 0.0293. The van der Waals surface area contributed by atoms with Gasteiger partial charge in [-0.2, -0.15) is 0 Å². The van der Waals surface area contributed by atoms with Crippen molar-refractivity contribution in [1.82, 2.24) is 5.32 Å². The fraction of sp³-hybridized carbons (Fsp3) is 0.120. The highest BCUT2D eigenvalue weighted by Crippen LogP contribution is 2.38. The van der Waals surface area contributed by atoms with Gasteiger partial charge in [-0.15, -0.1) is 0 Å². The summed E-state index contributed by atoms with van der Waals surface area (Å²) in [4.78, 5) is 27.9. The number of nitro benzene ring substituents is 1. The number of hydrogen-bond donors (Lipinski definition) is 1. The first kappa shape index (κ1) is 25.1. The van der Waals surface area contributed by atoms with Crippen LogP contribution in [0, 0.1) is 10.1 Å². The Morgan fingerprint density at radius 3 is 2.58 bits per heavy atom. The first-order valence-electron chi connectivity index (χ1n) is 10.5. The number of amidine groups is 1. The highest BCUT2D eigenvalue weighted by atomic mass is 35.5. The zero-order valence-corrected chi connectivity index (χ0v) is 20.8. The van der Waals surface area contributed by atoms with E-state index in [9.17, 15) is 14.9 Å². The van der Waals surface area contributed by atoms with Gasteiger partial charge in [0, 0.05) is 12.1 Å². The summed E-state index contributed by atoms with van der Waals surface area (Å²) >= 11 is 7.66. The molecule has 0 aliphatic carbocycles. The number of nitrogens with one attached hydrogen (secondary N) is 1. The number of thioether (sulfide) groups is 1. The largest absolute Gasteiger partial charge is 0.497 e. The highest BCUT2D eigenvalue weighted by Gasteiger charge is 2.24. The quantitative estimate of drug-likeness (QED) is 0.227. The van der Waals surface area contributed by atoms with Gasteiger partial charge in [0.1, 0.15) is 12.4 Å². The molecule has 9 nitrogen and oxygen atoms in total. The van der Waals surface area contributed by atoms with Crippen molar-refractivity contribution in [3.8, 4) is 17.2 Å². The van der Waals surface area contributed by atoms with E-state index in [1.165, 1.54) is 31.0 Å². The maximum atomic E-state index is 12.5. The number of hydrogen-bond acceptors (Lipinski definition) is 8. The molecule has 3 aromatic rings. The molecule has 1 saturated heterocycles. The lowest BCUT2D eigenvalue weighted by molar-refractivity contribution is -0.384. The van der Waals surface area contributed by atoms with Crippen molar-refractivity contribution in [3.63, 3.8) is 0 Å². The topological polar surface area (TPSA) is 112 Å². The average Bonchev–Trinajstić information content (AvgIpc) is 3.21. The summed E-state index contributed by atoms with van der Waals surface area (Å²) in [5.74, 6) is 1.08. The number of methoxy groups -OCH3 is 2. The molecule has 36 heavy (non-hydrogen) atoms. The summed E-state index contributed by atoms with van der Waals surface area (Å²) in [5, 5.41) is 14.5. The van der Waals surface area contributed by atoms with Crippen molar-refractivity contribution >= 4 is 51.9 Å². The molecule has 0 bridgehead atoms. The first-order valence-corrected chi connectivity index (χ1v) is 11.7. The van der Waals surface area contributed by atoms with Crippen LogP contribution in [-0.2, 0) is 11.4 Å². The number of carbonyl (C=O) groups is 1. The lowest BCUT2D eigenvalue weighted by Gasteiger charge is -2.13. The van der Waals surface area contributed by atoms with Crippen LogP contribution in [0.3, 0.4) is 0 Å². The first-order chi connectivity index (χ1) is 17.4. The van der Waals surface area contributed by atoms with Gasteiger partial charge in [-0.05, 0) is 65.4 Å². The van der Waals surface area contributed by atoms with Gasteiger partial charge in [-0.25, -0.2) is 4.99 Å². The molecular weight excluding hydrogens is 506 g/mol. The van der Waals surface area contributed by atoms with Crippen LogP contribution in [0.25, 0.3) is 6.08 Å². The monoisotopic (exact) mass is 525 g/mol. The Labute approximate surface area is 215 Å². The van der Waals surface area contributed by atoms with Crippen LogP contribution in [0.5, 0.6) is 17.2 Å². The predicted octanol–water partition coefficient (Wildman–Crippen LogP) is 5.74. The molecule has 1 aliphatic rings. The summed E-state index contributed by atoms with van der Waals surface area (Å²) in [6.07, 6.45) is 1.68. The van der Waals surface area contributed by atoms with Crippen molar-refractivity contribution in [2.45, 2.75) is 6.61 Å². The number of non-ortho nitro benzene ring substituents is 1. The molecule has 1 fully saturated rings. The molecule has 0 radical (unpaired) electrons. The summed E-state index contributed by atoms with van der Waals surface area (Å²) in [7, 11) is 3.06. The summed E-state index contributed by atoms with van der Waals surface area (Å²) in [5.41, 5.74) is 1.88. The van der Waals surface area contributed by atoms with E-state index in [1.807, 2.05) is 0 Å². The van der Waals surface area contributed by atoms with Gasteiger partial charge >= 0.3 is 0 Å². The zero-order chi connectivity index (χ0) is 25.7. The van der Waals surface area contributed by atoms with E-state index < -0.39 is 4.92 Å². The minimum atomic E-state index is -0.469. The second kappa shape index (κ2) is 11.1. The Morgan fingerprint density at radius 1 is 1.11 bits per heavy atom. The van der Waals surface area contributed by atoms with Crippen LogP contribution in [-0.4, -0.2) is 30.2 Å². The number of halogens is 1. The number of carbonyl (C=O) groups excluding carboxylic acids is 1. The smallest absolute Gasteiger partial charge is 0.269 e. The fourth-order valence-electron chi connectivity index (χ4n) is 3.28. The van der Waals surface area contributed by atoms with Gasteiger partial charge in [0.2, 0.25) is 0 Å². The maximum absolute atomic E-state index is 12.5. The van der Waals surface area contributed by atoms with Gasteiger partial charge in [0.15, 0.2) is 16.7 Å². The van der Waals surface area contributed by atoms with Crippen LogP contribution in [0.15, 0.2) is 70.6 Å². The third-order valence-electron chi connectivity index (χ3n) is 5.01. The van der Waals surface area contributed by atoms with Gasteiger partial charge in [0.25, 0.3) is 11.6 Å². The van der Waals surface area contributed by atoms with E-state index in [0.29, 0.717) is 38.4 Å². The van der Waals surface area contributed by atoms with E-state index in [4.69, 9.17) is 25.8 Å². The van der Waals surface area contributed by atoms with Crippen molar-refractivity contribution in [3.05, 3.63) is 91.8 Å². The molecule has 1 N–H and O–H groups in total. The number of nitrogens with zero attached hydrogens (tertiary/aromatic N) is 2. The van der Waals surface area contributed by atoms with Gasteiger partial charge in [-0.3, -0.25) is 14.9 Å². The third kappa shape index (κ3) is 5.96. The molecule has 0 atom stereocenters. The van der Waals surface area contributed by atoms with Crippen LogP contribution in [0.4, 0.5) is 11.4 Å². The van der Waals surface area contributed by atoms with Gasteiger partial charge in [0.05, 0.1) is 34.8 Å². The second-order valence-corrected chi connectivity index (χ2v) is 8.87. The molecule has 4 rings (SSSR count). The molecule has 184 valence electrons. The number of nitro groups is 1. The lowest BCUT2D eigenvalue weighted by Crippen LogP contribution is -2.19. The second-order valence-electron chi connectivity index (χ2n) is 7.43. The van der Waals surface area contributed by atoms with Crippen molar-refractivity contribution in [2.24, 2.45) is 4.99 Å². The number of ether oxygens (including phenoxy) is 3. The van der Waals surface area contributed by atoms with Gasteiger partial charge in [-0.1, -0.05) is 23.7 Å². The van der Waals surface area contributed by atoms with Gasteiger partial charge < -0.3 is 19.5 Å². The van der Waals surface area contributed by atoms with Crippen molar-refractivity contribution < 1.29 is 23.9 Å². The van der Waals surface area contributed by atoms with E-state index in [2.05, 4.69) is 10.3 Å². The van der Waals surface area contributed by atoms with E-state index in [1.54, 1.807) is 61.7 Å². The number of aliphatic imine (C=N–C) groups is 1. The van der Waals surface area contributed by atoms with Crippen LogP contribution < -0.4 is 19.5 Å². The van der Waals surface area contributed by atoms with Crippen molar-refractivity contribution in [1.29, 1.82) is 0 Å². The predicted molar refractivity (Wildman–Crippen MR) is 139 cm³/mol. The van der Waals surface area contributed by atoms with Crippen LogP contribution in [0.1, 0.15) is 11.1 Å². The molecule has 1 aliphatic heterocycles. The molecule has 0 saturated carbocycles. The summed E-state index contributed by atoms with van der Waals surface area (Å²) in [6.45, 7) is 0.0572. The van der Waals surface area contributed by atoms with Crippen molar-refractivity contribution in [2.75, 3.05) is 14.2 Å². The normalized spacial score (nSPS) is 15.1. The van der Waals surface area contributed by atoms with E-state index >= 15 is 0 Å². The summed E-state index contributed by atoms with van der Waals surface area (Å²) in [6, 6.07) is 16.6. The molecule has 11 heteroatoms. The molecule has 1 heterocycles. The Hall–Kier alpha value is -4.02. The standard InChI is InChI=1S/C25H20ClN3O6S/c1-33-19-8-6-17(7-9-19)27-25-28-24(30)22(36-25)13-16-11-20(26)23(21(12-16)34-2)35-14-15-4-3-5-18(10-15)29(31)32/h3-13H,14H2,1-2H3,(H,27,28,30)/b22-13+. The minimum Gasteiger partial charge on any atom is -0.497 e. The SMILES string of the molecule is COc1ccc(N=C2NC(=O)/C(=C\c3cc(Cl)c(OCc4cccc([N+](=O)[O-])c4)c(OC)c3)S2)cc1. The molecular formula is C25H20ClN3O6S. The molecule has 3 aromatic carbocycles. The molecule has 0 unspecified atom stereocenters. The summed E-state index contributed by atoms with van der Waals surface area (Å²) < 4.78 is 16.4. The number of amides is 1. The zero-order valence-electron chi connectivity index (χ0n) is 19.2. The molecule has 1 amide bonds. The number of rotatable bonds is 8. The molecule has 0 aromatic heterocycles. The lowest BCUT2D eigenvalue weighted by atomic mass is 10.1. The number of benzene rings is 3. The van der Waals surface area contributed by atoms with E-state index in [0.717, 1.165) is 0 Å². The highest BCUT2D eigenvalue weighted by molar-refractivity contribution is 8.18.